The average molecular weight is 197 g/mol. The molecule has 1 heterocycles. The minimum absolute atomic E-state index is 0.0307. The second kappa shape index (κ2) is 4.45. The van der Waals surface area contributed by atoms with E-state index in [0.29, 0.717) is 5.69 Å². The normalized spacial score (nSPS) is 9.57. The van der Waals surface area contributed by atoms with E-state index in [1.807, 2.05) is 6.92 Å². The van der Waals surface area contributed by atoms with E-state index in [-0.39, 0.29) is 6.42 Å². The van der Waals surface area contributed by atoms with E-state index in [2.05, 4.69) is 14.5 Å². The van der Waals surface area contributed by atoms with Gasteiger partial charge in [-0.05, 0) is 18.6 Å². The summed E-state index contributed by atoms with van der Waals surface area (Å²) in [5.41, 5.74) is 1.72. The predicted molar refractivity (Wildman–Crippen MR) is 47.7 cm³/mol. The van der Waals surface area contributed by atoms with Gasteiger partial charge in [0.25, 0.3) is 0 Å². The summed E-state index contributed by atoms with van der Waals surface area (Å²) in [6.45, 7) is 1.89. The largest absolute Gasteiger partial charge is 0.515 e. The maximum Gasteiger partial charge on any atom is 0.515 e. The molecule has 0 saturated carbocycles. The second-order valence-corrected chi connectivity index (χ2v) is 2.81. The number of aromatic nitrogens is 1. The average Bonchev–Trinajstić information content (AvgIpc) is 2.50. The SMILES string of the molecule is COC(=O)OC(=O)Cc1cc(C)c[nH]1. The summed E-state index contributed by atoms with van der Waals surface area (Å²) in [6, 6.07) is 1.80. The number of hydrogen-bond acceptors (Lipinski definition) is 4. The van der Waals surface area contributed by atoms with Gasteiger partial charge in [-0.15, -0.1) is 0 Å². The van der Waals surface area contributed by atoms with Crippen molar-refractivity contribution in [3.63, 3.8) is 0 Å². The van der Waals surface area contributed by atoms with Gasteiger partial charge in [-0.1, -0.05) is 0 Å². The molecule has 0 radical (unpaired) electrons. The van der Waals surface area contributed by atoms with E-state index < -0.39 is 12.1 Å². The molecule has 0 fully saturated rings. The molecular formula is C9H11NO4. The van der Waals surface area contributed by atoms with Crippen molar-refractivity contribution in [3.05, 3.63) is 23.5 Å². The van der Waals surface area contributed by atoms with Crippen molar-refractivity contribution in [3.8, 4) is 0 Å². The summed E-state index contributed by atoms with van der Waals surface area (Å²) in [7, 11) is 1.15. The van der Waals surface area contributed by atoms with E-state index in [4.69, 9.17) is 0 Å². The number of aryl methyl sites for hydroxylation is 1. The molecule has 0 atom stereocenters. The van der Waals surface area contributed by atoms with Crippen molar-refractivity contribution in [1.29, 1.82) is 0 Å². The van der Waals surface area contributed by atoms with Crippen LogP contribution in [0.2, 0.25) is 0 Å². The Labute approximate surface area is 81.0 Å². The Hall–Kier alpha value is -1.78. The summed E-state index contributed by atoms with van der Waals surface area (Å²) in [4.78, 5) is 24.5. The molecule has 1 N–H and O–H groups in total. The van der Waals surface area contributed by atoms with Gasteiger partial charge in [0, 0.05) is 11.9 Å². The monoisotopic (exact) mass is 197 g/mol. The highest BCUT2D eigenvalue weighted by atomic mass is 16.7. The highest BCUT2D eigenvalue weighted by Crippen LogP contribution is 2.03. The quantitative estimate of drug-likeness (QED) is 0.570. The molecule has 0 aliphatic rings. The molecule has 0 saturated heterocycles. The number of methoxy groups -OCH3 is 1. The van der Waals surface area contributed by atoms with Gasteiger partial charge < -0.3 is 14.5 Å². The van der Waals surface area contributed by atoms with Crippen molar-refractivity contribution >= 4 is 12.1 Å². The van der Waals surface area contributed by atoms with E-state index in [1.165, 1.54) is 0 Å². The van der Waals surface area contributed by atoms with Crippen LogP contribution >= 0.6 is 0 Å². The highest BCUT2D eigenvalue weighted by molar-refractivity contribution is 5.83. The fourth-order valence-electron chi connectivity index (χ4n) is 0.993. The van der Waals surface area contributed by atoms with Crippen LogP contribution in [-0.2, 0) is 20.7 Å². The molecule has 5 nitrogen and oxygen atoms in total. The van der Waals surface area contributed by atoms with E-state index in [0.717, 1.165) is 12.7 Å². The Balaban J connectivity index is 2.45. The topological polar surface area (TPSA) is 68.4 Å². The molecule has 0 unspecified atom stereocenters. The summed E-state index contributed by atoms with van der Waals surface area (Å²) in [5.74, 6) is -0.640. The Kier molecular flexibility index (Phi) is 3.28. The maximum atomic E-state index is 11.0. The first-order chi connectivity index (χ1) is 6.61. The summed E-state index contributed by atoms with van der Waals surface area (Å²) >= 11 is 0. The number of carbonyl (C=O) groups is 2. The molecular weight excluding hydrogens is 186 g/mol. The molecule has 0 bridgehead atoms. The third-order valence-corrected chi connectivity index (χ3v) is 1.59. The Morgan fingerprint density at radius 1 is 1.50 bits per heavy atom. The van der Waals surface area contributed by atoms with Crippen molar-refractivity contribution in [2.24, 2.45) is 0 Å². The van der Waals surface area contributed by atoms with Crippen LogP contribution in [0.5, 0.6) is 0 Å². The molecule has 1 aromatic heterocycles. The lowest BCUT2D eigenvalue weighted by molar-refractivity contribution is -0.138. The molecule has 1 rings (SSSR count). The van der Waals surface area contributed by atoms with Crippen molar-refractivity contribution in [2.45, 2.75) is 13.3 Å². The lowest BCUT2D eigenvalue weighted by Crippen LogP contribution is -2.14. The highest BCUT2D eigenvalue weighted by Gasteiger charge is 2.11. The van der Waals surface area contributed by atoms with Crippen molar-refractivity contribution in [2.75, 3.05) is 7.11 Å². The fraction of sp³-hybridized carbons (Fsp3) is 0.333. The van der Waals surface area contributed by atoms with E-state index >= 15 is 0 Å². The maximum absolute atomic E-state index is 11.0. The lowest BCUT2D eigenvalue weighted by Gasteiger charge is -1.99. The first-order valence-corrected chi connectivity index (χ1v) is 4.04. The molecule has 14 heavy (non-hydrogen) atoms. The number of carbonyl (C=O) groups excluding carboxylic acids is 2. The number of aromatic amines is 1. The fourth-order valence-corrected chi connectivity index (χ4v) is 0.993. The first-order valence-electron chi connectivity index (χ1n) is 4.04. The van der Waals surface area contributed by atoms with E-state index in [9.17, 15) is 9.59 Å². The van der Waals surface area contributed by atoms with Crippen LogP contribution < -0.4 is 0 Å². The van der Waals surface area contributed by atoms with Crippen LogP contribution in [0.3, 0.4) is 0 Å². The Morgan fingerprint density at radius 2 is 2.21 bits per heavy atom. The second-order valence-electron chi connectivity index (χ2n) is 2.81. The van der Waals surface area contributed by atoms with Crippen LogP contribution in [-0.4, -0.2) is 24.2 Å². The van der Waals surface area contributed by atoms with Gasteiger partial charge in [-0.2, -0.15) is 0 Å². The number of nitrogens with one attached hydrogen (secondary N) is 1. The molecule has 5 heteroatoms. The number of ether oxygens (including phenoxy) is 2. The third kappa shape index (κ3) is 2.93. The molecule has 0 aliphatic heterocycles. The van der Waals surface area contributed by atoms with Crippen LogP contribution in [0.4, 0.5) is 4.79 Å². The van der Waals surface area contributed by atoms with Gasteiger partial charge in [-0.25, -0.2) is 4.79 Å². The molecule has 1 aromatic rings. The molecule has 76 valence electrons. The summed E-state index contributed by atoms with van der Waals surface area (Å²) < 4.78 is 8.46. The minimum atomic E-state index is -0.988. The van der Waals surface area contributed by atoms with Gasteiger partial charge in [0.1, 0.15) is 0 Å². The first kappa shape index (κ1) is 10.3. The van der Waals surface area contributed by atoms with Crippen LogP contribution in [0, 0.1) is 6.92 Å². The Bertz CT molecular complexity index is 342. The number of rotatable bonds is 2. The standard InChI is InChI=1S/C9H11NO4/c1-6-3-7(10-5-6)4-8(11)14-9(12)13-2/h3,5,10H,4H2,1-2H3. The molecule has 0 spiro atoms. The third-order valence-electron chi connectivity index (χ3n) is 1.59. The van der Waals surface area contributed by atoms with Gasteiger partial charge >= 0.3 is 12.1 Å². The Morgan fingerprint density at radius 3 is 2.71 bits per heavy atom. The van der Waals surface area contributed by atoms with Crippen molar-refractivity contribution < 1.29 is 19.1 Å². The zero-order valence-corrected chi connectivity index (χ0v) is 7.99. The minimum Gasteiger partial charge on any atom is -0.437 e. The van der Waals surface area contributed by atoms with Crippen LogP contribution in [0.15, 0.2) is 12.3 Å². The zero-order chi connectivity index (χ0) is 10.6. The van der Waals surface area contributed by atoms with Crippen LogP contribution in [0.1, 0.15) is 11.3 Å². The zero-order valence-electron chi connectivity index (χ0n) is 7.99. The summed E-state index contributed by atoms with van der Waals surface area (Å²) in [5, 5.41) is 0. The lowest BCUT2D eigenvalue weighted by atomic mass is 10.3. The van der Waals surface area contributed by atoms with Gasteiger partial charge in [0.2, 0.25) is 0 Å². The van der Waals surface area contributed by atoms with E-state index in [1.54, 1.807) is 12.3 Å². The van der Waals surface area contributed by atoms with Gasteiger partial charge in [-0.3, -0.25) is 4.79 Å². The molecule has 0 aliphatic carbocycles. The number of esters is 1. The molecule has 0 aromatic carbocycles. The van der Waals surface area contributed by atoms with Crippen molar-refractivity contribution in [1.82, 2.24) is 4.98 Å². The van der Waals surface area contributed by atoms with Gasteiger partial charge in [0.05, 0.1) is 13.5 Å². The number of hydrogen-bond donors (Lipinski definition) is 1. The van der Waals surface area contributed by atoms with Gasteiger partial charge in [0.15, 0.2) is 0 Å². The smallest absolute Gasteiger partial charge is 0.437 e. The predicted octanol–water partition coefficient (Wildman–Crippen LogP) is 1.18. The number of H-pyrrole nitrogens is 1. The molecule has 0 amide bonds. The summed E-state index contributed by atoms with van der Waals surface area (Å²) in [6.07, 6.45) is 0.808. The van der Waals surface area contributed by atoms with Crippen LogP contribution in [0.25, 0.3) is 0 Å².